The van der Waals surface area contributed by atoms with Gasteiger partial charge in [0.2, 0.25) is 0 Å². The maximum absolute atomic E-state index is 11.7. The van der Waals surface area contributed by atoms with Crippen molar-refractivity contribution in [3.8, 4) is 5.75 Å². The second-order valence-corrected chi connectivity index (χ2v) is 5.45. The average Bonchev–Trinajstić information content (AvgIpc) is 2.69. The molecule has 0 fully saturated rings. The highest BCUT2D eigenvalue weighted by atomic mass is 16.7. The summed E-state index contributed by atoms with van der Waals surface area (Å²) in [7, 11) is 0. The van der Waals surface area contributed by atoms with Gasteiger partial charge in [0.15, 0.2) is 0 Å². The van der Waals surface area contributed by atoms with Gasteiger partial charge in [0.05, 0.1) is 6.21 Å². The number of anilines is 1. The Bertz CT molecular complexity index is 847. The van der Waals surface area contributed by atoms with Gasteiger partial charge in [-0.05, 0) is 35.4 Å². The first-order valence-electron chi connectivity index (χ1n) is 8.13. The molecule has 0 spiro atoms. The van der Waals surface area contributed by atoms with Crippen molar-refractivity contribution in [2.45, 2.75) is 6.61 Å². The molecular weight excluding hydrogens is 328 g/mol. The zero-order valence-electron chi connectivity index (χ0n) is 14.0. The van der Waals surface area contributed by atoms with E-state index in [1.165, 1.54) is 6.21 Å². The van der Waals surface area contributed by atoms with Crippen LogP contribution >= 0.6 is 0 Å². The Kier molecular flexibility index (Phi) is 5.99. The summed E-state index contributed by atoms with van der Waals surface area (Å²) in [5.41, 5.74) is 2.53. The van der Waals surface area contributed by atoms with Crippen LogP contribution in [0.4, 0.5) is 10.5 Å². The first-order chi connectivity index (χ1) is 12.8. The van der Waals surface area contributed by atoms with Crippen LogP contribution < -0.4 is 10.1 Å². The molecular formula is C21H18N2O3. The van der Waals surface area contributed by atoms with Crippen molar-refractivity contribution in [1.82, 2.24) is 0 Å². The van der Waals surface area contributed by atoms with E-state index in [1.54, 1.807) is 24.3 Å². The van der Waals surface area contributed by atoms with E-state index in [4.69, 9.17) is 9.57 Å². The summed E-state index contributed by atoms with van der Waals surface area (Å²) >= 11 is 0. The van der Waals surface area contributed by atoms with Crippen molar-refractivity contribution in [2.24, 2.45) is 5.16 Å². The fraction of sp³-hybridized carbons (Fsp3) is 0.0476. The number of hydrogen-bond donors (Lipinski definition) is 1. The maximum Gasteiger partial charge on any atom is 0.437 e. The Morgan fingerprint density at radius 1 is 0.885 bits per heavy atom. The minimum atomic E-state index is -0.657. The van der Waals surface area contributed by atoms with Crippen molar-refractivity contribution < 1.29 is 14.4 Å². The molecule has 0 aliphatic heterocycles. The van der Waals surface area contributed by atoms with Crippen molar-refractivity contribution in [3.05, 3.63) is 96.1 Å². The molecule has 3 aromatic rings. The number of benzene rings is 3. The van der Waals surface area contributed by atoms with E-state index < -0.39 is 6.09 Å². The quantitative estimate of drug-likeness (QED) is 0.394. The Hall–Kier alpha value is -3.60. The molecule has 0 saturated carbocycles. The lowest BCUT2D eigenvalue weighted by atomic mass is 10.2. The zero-order valence-corrected chi connectivity index (χ0v) is 14.0. The Labute approximate surface area is 151 Å². The molecule has 130 valence electrons. The number of carbonyl (C=O) groups is 1. The van der Waals surface area contributed by atoms with Crippen LogP contribution in [-0.4, -0.2) is 12.3 Å². The van der Waals surface area contributed by atoms with E-state index in [-0.39, 0.29) is 0 Å². The van der Waals surface area contributed by atoms with Gasteiger partial charge in [-0.25, -0.2) is 4.79 Å². The van der Waals surface area contributed by atoms with Crippen LogP contribution in [0, 0.1) is 0 Å². The molecule has 26 heavy (non-hydrogen) atoms. The number of hydrogen-bond acceptors (Lipinski definition) is 4. The largest absolute Gasteiger partial charge is 0.489 e. The maximum atomic E-state index is 11.7. The third kappa shape index (κ3) is 5.49. The van der Waals surface area contributed by atoms with Crippen LogP contribution in [0.2, 0.25) is 0 Å². The van der Waals surface area contributed by atoms with Crippen molar-refractivity contribution in [2.75, 3.05) is 5.32 Å². The Morgan fingerprint density at radius 2 is 1.54 bits per heavy atom. The molecule has 1 N–H and O–H groups in total. The van der Waals surface area contributed by atoms with Crippen LogP contribution in [0.25, 0.3) is 0 Å². The van der Waals surface area contributed by atoms with Gasteiger partial charge in [0.1, 0.15) is 12.4 Å². The van der Waals surface area contributed by atoms with Crippen LogP contribution in [0.15, 0.2) is 90.1 Å². The lowest BCUT2D eigenvalue weighted by molar-refractivity contribution is 0.167. The van der Waals surface area contributed by atoms with E-state index in [1.807, 2.05) is 60.7 Å². The van der Waals surface area contributed by atoms with Crippen LogP contribution in [-0.2, 0) is 11.4 Å². The second kappa shape index (κ2) is 9.03. The number of amides is 1. The van der Waals surface area contributed by atoms with Crippen LogP contribution in [0.3, 0.4) is 0 Å². The van der Waals surface area contributed by atoms with E-state index in [9.17, 15) is 4.79 Å². The summed E-state index contributed by atoms with van der Waals surface area (Å²) in [6, 6.07) is 26.3. The summed E-state index contributed by atoms with van der Waals surface area (Å²) in [5, 5.41) is 6.26. The first-order valence-corrected chi connectivity index (χ1v) is 8.13. The molecule has 0 aromatic heterocycles. The number of nitrogens with zero attached hydrogens (tertiary/aromatic N) is 1. The van der Waals surface area contributed by atoms with Gasteiger partial charge in [-0.2, -0.15) is 0 Å². The summed E-state index contributed by atoms with van der Waals surface area (Å²) in [6.07, 6.45) is 0.815. The molecule has 1 amide bonds. The Morgan fingerprint density at radius 3 is 2.23 bits per heavy atom. The summed E-state index contributed by atoms with van der Waals surface area (Å²) in [5.74, 6) is 0.717. The van der Waals surface area contributed by atoms with Gasteiger partial charge < -0.3 is 4.74 Å². The van der Waals surface area contributed by atoms with E-state index in [0.29, 0.717) is 12.3 Å². The number of nitrogens with one attached hydrogen (secondary N) is 1. The molecule has 0 atom stereocenters. The van der Waals surface area contributed by atoms with Crippen molar-refractivity contribution >= 4 is 18.0 Å². The molecule has 0 unspecified atom stereocenters. The van der Waals surface area contributed by atoms with Gasteiger partial charge in [-0.15, -0.1) is 0 Å². The fourth-order valence-electron chi connectivity index (χ4n) is 2.19. The summed E-state index contributed by atoms with van der Waals surface area (Å²) in [6.45, 7) is 0.490. The third-order valence-electron chi connectivity index (χ3n) is 3.49. The molecule has 0 bridgehead atoms. The highest BCUT2D eigenvalue weighted by Crippen LogP contribution is 2.17. The average molecular weight is 346 g/mol. The van der Waals surface area contributed by atoms with Crippen molar-refractivity contribution in [1.29, 1.82) is 0 Å². The standard InChI is InChI=1S/C21H18N2O3/c24-21(26-22-15-17-7-3-1-4-8-17)23-19-11-13-20(14-12-19)25-16-18-9-5-2-6-10-18/h1-15H,16H2,(H,23,24). The minimum absolute atomic E-state index is 0.490. The second-order valence-electron chi connectivity index (χ2n) is 5.45. The molecule has 0 aliphatic carbocycles. The smallest absolute Gasteiger partial charge is 0.437 e. The SMILES string of the molecule is O=C(Nc1ccc(OCc2ccccc2)cc1)ON=Cc1ccccc1. The third-order valence-corrected chi connectivity index (χ3v) is 3.49. The first kappa shape index (κ1) is 17.2. The number of rotatable bonds is 6. The zero-order chi connectivity index (χ0) is 18.0. The van der Waals surface area contributed by atoms with Gasteiger partial charge in [-0.1, -0.05) is 65.8 Å². The highest BCUT2D eigenvalue weighted by Gasteiger charge is 2.03. The number of carbonyl (C=O) groups excluding carboxylic acids is 1. The predicted octanol–water partition coefficient (Wildman–Crippen LogP) is 4.85. The van der Waals surface area contributed by atoms with Gasteiger partial charge in [0, 0.05) is 5.69 Å². The predicted molar refractivity (Wildman–Crippen MR) is 101 cm³/mol. The monoisotopic (exact) mass is 346 g/mol. The summed E-state index contributed by atoms with van der Waals surface area (Å²) < 4.78 is 5.70. The van der Waals surface area contributed by atoms with Gasteiger partial charge in [-0.3, -0.25) is 10.2 Å². The van der Waals surface area contributed by atoms with Crippen LogP contribution in [0.1, 0.15) is 11.1 Å². The van der Waals surface area contributed by atoms with Crippen molar-refractivity contribution in [3.63, 3.8) is 0 Å². The topological polar surface area (TPSA) is 59.9 Å². The molecule has 5 nitrogen and oxygen atoms in total. The number of oxime groups is 1. The molecule has 0 radical (unpaired) electrons. The number of ether oxygens (including phenoxy) is 1. The normalized spacial score (nSPS) is 10.5. The lowest BCUT2D eigenvalue weighted by Gasteiger charge is -2.07. The molecule has 0 aliphatic rings. The molecule has 3 rings (SSSR count). The molecule has 5 heteroatoms. The van der Waals surface area contributed by atoms with E-state index in [0.717, 1.165) is 16.9 Å². The van der Waals surface area contributed by atoms with Gasteiger partial charge >= 0.3 is 6.09 Å². The highest BCUT2D eigenvalue weighted by molar-refractivity contribution is 5.85. The molecule has 0 saturated heterocycles. The van der Waals surface area contributed by atoms with Gasteiger partial charge in [0.25, 0.3) is 0 Å². The van der Waals surface area contributed by atoms with Crippen LogP contribution in [0.5, 0.6) is 5.75 Å². The molecule has 3 aromatic carbocycles. The minimum Gasteiger partial charge on any atom is -0.489 e. The van der Waals surface area contributed by atoms with E-state index >= 15 is 0 Å². The summed E-state index contributed by atoms with van der Waals surface area (Å²) in [4.78, 5) is 16.5. The molecule has 0 heterocycles. The fourth-order valence-corrected chi connectivity index (χ4v) is 2.19. The van der Waals surface area contributed by atoms with E-state index in [2.05, 4.69) is 10.5 Å². The Balaban J connectivity index is 1.46. The lowest BCUT2D eigenvalue weighted by Crippen LogP contribution is -2.10.